The number of nitrogens with zero attached hydrogens (tertiary/aromatic N) is 2. The second-order valence-electron chi connectivity index (χ2n) is 6.38. The number of aromatic amines is 1. The quantitative estimate of drug-likeness (QED) is 0.367. The maximum atomic E-state index is 12.5. The monoisotopic (exact) mass is 440 g/mol. The van der Waals surface area contributed by atoms with Gasteiger partial charge in [-0.25, -0.2) is 4.98 Å². The minimum atomic E-state index is -0.0823. The van der Waals surface area contributed by atoms with E-state index >= 15 is 0 Å². The zero-order valence-corrected chi connectivity index (χ0v) is 17.8. The predicted octanol–water partition coefficient (Wildman–Crippen LogP) is 4.67. The number of furan rings is 1. The van der Waals surface area contributed by atoms with Gasteiger partial charge in [0.1, 0.15) is 11.5 Å². The highest BCUT2D eigenvalue weighted by molar-refractivity contribution is 7.99. The third-order valence-electron chi connectivity index (χ3n) is 4.35. The number of amides is 1. The summed E-state index contributed by atoms with van der Waals surface area (Å²) in [6.45, 7) is 0.371. The number of nitrogens with one attached hydrogen (secondary N) is 2. The van der Waals surface area contributed by atoms with Crippen LogP contribution in [0.5, 0.6) is 5.75 Å². The molecule has 0 saturated carbocycles. The summed E-state index contributed by atoms with van der Waals surface area (Å²) in [6, 6.07) is 15.2. The van der Waals surface area contributed by atoms with Crippen LogP contribution >= 0.6 is 23.1 Å². The lowest BCUT2D eigenvalue weighted by molar-refractivity contribution is -0.121. The highest BCUT2D eigenvalue weighted by Crippen LogP contribution is 2.38. The molecule has 0 unspecified atom stereocenters. The second-order valence-corrected chi connectivity index (χ2v) is 8.53. The van der Waals surface area contributed by atoms with Crippen LogP contribution in [0.2, 0.25) is 0 Å². The molecule has 3 aromatic heterocycles. The minimum absolute atomic E-state index is 0.0526. The van der Waals surface area contributed by atoms with E-state index in [2.05, 4.69) is 20.5 Å². The van der Waals surface area contributed by atoms with Crippen molar-refractivity contribution < 1.29 is 13.9 Å². The number of ether oxygens (including phenoxy) is 1. The van der Waals surface area contributed by atoms with E-state index in [1.165, 1.54) is 11.8 Å². The van der Waals surface area contributed by atoms with E-state index in [9.17, 15) is 4.79 Å². The van der Waals surface area contributed by atoms with Gasteiger partial charge in [-0.3, -0.25) is 9.89 Å². The fourth-order valence-electron chi connectivity index (χ4n) is 2.82. The third-order valence-corrected chi connectivity index (χ3v) is 6.58. The van der Waals surface area contributed by atoms with Crippen molar-refractivity contribution in [1.82, 2.24) is 20.5 Å². The molecule has 3 heterocycles. The Hall–Kier alpha value is -3.04. The fraction of sp³-hybridized carbons (Fsp3) is 0.190. The maximum absolute atomic E-state index is 12.5. The molecule has 0 saturated heterocycles. The van der Waals surface area contributed by atoms with Crippen LogP contribution in [0.25, 0.3) is 11.4 Å². The summed E-state index contributed by atoms with van der Waals surface area (Å²) in [7, 11) is 1.63. The zero-order chi connectivity index (χ0) is 20.8. The Kier molecular flexibility index (Phi) is 6.50. The molecule has 30 heavy (non-hydrogen) atoms. The van der Waals surface area contributed by atoms with Crippen LogP contribution in [0, 0.1) is 0 Å². The maximum Gasteiger partial charge on any atom is 0.221 e. The molecular weight excluding hydrogens is 420 g/mol. The van der Waals surface area contributed by atoms with E-state index < -0.39 is 0 Å². The molecule has 0 spiro atoms. The Morgan fingerprint density at radius 1 is 1.27 bits per heavy atom. The van der Waals surface area contributed by atoms with Crippen LogP contribution in [0.3, 0.4) is 0 Å². The number of thiophene rings is 1. The average molecular weight is 441 g/mol. The SMILES string of the molecule is COc1ccc(-c2nc(S[C@H](CC(=O)NCc3ccco3)c3cccs3)n[nH]2)cc1. The third kappa shape index (κ3) is 5.11. The van der Waals surface area contributed by atoms with Gasteiger partial charge < -0.3 is 14.5 Å². The summed E-state index contributed by atoms with van der Waals surface area (Å²) in [6.07, 6.45) is 1.91. The molecule has 0 fully saturated rings. The number of carbonyl (C=O) groups excluding carboxylic acids is 1. The van der Waals surface area contributed by atoms with Gasteiger partial charge in [-0.05, 0) is 47.8 Å². The van der Waals surface area contributed by atoms with Gasteiger partial charge in [0.2, 0.25) is 11.1 Å². The van der Waals surface area contributed by atoms with E-state index in [1.807, 2.05) is 47.8 Å². The number of hydrogen-bond donors (Lipinski definition) is 2. The summed E-state index contributed by atoms with van der Waals surface area (Å²) in [5, 5.41) is 12.7. The molecule has 0 radical (unpaired) electrons. The fourth-order valence-corrected chi connectivity index (χ4v) is 4.76. The number of hydrogen-bond acceptors (Lipinski definition) is 7. The highest BCUT2D eigenvalue weighted by atomic mass is 32.2. The Labute approximate surface area is 181 Å². The molecule has 0 aliphatic rings. The number of aromatic nitrogens is 3. The van der Waals surface area contributed by atoms with Crippen molar-refractivity contribution in [3.05, 3.63) is 70.8 Å². The number of benzene rings is 1. The average Bonchev–Trinajstić information content (AvgIpc) is 3.55. The largest absolute Gasteiger partial charge is 0.497 e. The number of thioether (sulfide) groups is 1. The summed E-state index contributed by atoms with van der Waals surface area (Å²) < 4.78 is 10.5. The lowest BCUT2D eigenvalue weighted by atomic mass is 10.2. The number of carbonyl (C=O) groups is 1. The van der Waals surface area contributed by atoms with Crippen LogP contribution in [0.1, 0.15) is 22.3 Å². The molecule has 0 aliphatic carbocycles. The van der Waals surface area contributed by atoms with Crippen molar-refractivity contribution in [2.24, 2.45) is 0 Å². The standard InChI is InChI=1S/C21H20N4O3S2/c1-27-15-8-6-14(7-9-15)20-23-21(25-24-20)30-18(17-5-3-11-29-17)12-19(26)22-13-16-4-2-10-28-16/h2-11,18H,12-13H2,1H3,(H,22,26)(H,23,24,25)/t18-/m1/s1. The van der Waals surface area contributed by atoms with E-state index in [0.29, 0.717) is 23.9 Å². The van der Waals surface area contributed by atoms with Crippen LogP contribution in [-0.4, -0.2) is 28.2 Å². The molecule has 1 amide bonds. The van der Waals surface area contributed by atoms with Crippen molar-refractivity contribution in [2.75, 3.05) is 7.11 Å². The van der Waals surface area contributed by atoms with Crippen LogP contribution in [0.15, 0.2) is 69.7 Å². The van der Waals surface area contributed by atoms with E-state index in [4.69, 9.17) is 9.15 Å². The van der Waals surface area contributed by atoms with Crippen molar-refractivity contribution >= 4 is 29.0 Å². The first-order valence-electron chi connectivity index (χ1n) is 9.27. The first-order valence-corrected chi connectivity index (χ1v) is 11.0. The molecule has 154 valence electrons. The first kappa shape index (κ1) is 20.2. The number of H-pyrrole nitrogens is 1. The van der Waals surface area contributed by atoms with E-state index in [0.717, 1.165) is 22.0 Å². The van der Waals surface area contributed by atoms with Gasteiger partial charge in [0.05, 0.1) is 25.2 Å². The van der Waals surface area contributed by atoms with Crippen LogP contribution < -0.4 is 10.1 Å². The molecule has 4 rings (SSSR count). The smallest absolute Gasteiger partial charge is 0.221 e. The van der Waals surface area contributed by atoms with Crippen LogP contribution in [0.4, 0.5) is 0 Å². The number of rotatable bonds is 9. The normalized spacial score (nSPS) is 11.9. The Bertz CT molecular complexity index is 1060. The zero-order valence-electron chi connectivity index (χ0n) is 16.2. The van der Waals surface area contributed by atoms with E-state index in [-0.39, 0.29) is 11.2 Å². The van der Waals surface area contributed by atoms with Crippen molar-refractivity contribution in [2.45, 2.75) is 23.4 Å². The Balaban J connectivity index is 1.43. The van der Waals surface area contributed by atoms with Crippen molar-refractivity contribution in [1.29, 1.82) is 0 Å². The molecule has 0 bridgehead atoms. The van der Waals surface area contributed by atoms with E-state index in [1.54, 1.807) is 30.8 Å². The molecule has 0 aliphatic heterocycles. The summed E-state index contributed by atoms with van der Waals surface area (Å²) >= 11 is 3.09. The predicted molar refractivity (Wildman–Crippen MR) is 116 cm³/mol. The molecule has 7 nitrogen and oxygen atoms in total. The van der Waals surface area contributed by atoms with Gasteiger partial charge in [-0.15, -0.1) is 16.4 Å². The highest BCUT2D eigenvalue weighted by Gasteiger charge is 2.21. The molecule has 9 heteroatoms. The summed E-state index contributed by atoms with van der Waals surface area (Å²) in [5.41, 5.74) is 0.916. The lowest BCUT2D eigenvalue weighted by Crippen LogP contribution is -2.23. The first-order chi connectivity index (χ1) is 14.7. The van der Waals surface area contributed by atoms with Gasteiger partial charge in [-0.2, -0.15) is 0 Å². The molecule has 4 aromatic rings. The molecule has 2 N–H and O–H groups in total. The van der Waals surface area contributed by atoms with Gasteiger partial charge in [0.15, 0.2) is 5.82 Å². The number of methoxy groups -OCH3 is 1. The lowest BCUT2D eigenvalue weighted by Gasteiger charge is -2.13. The van der Waals surface area contributed by atoms with Crippen LogP contribution in [-0.2, 0) is 11.3 Å². The minimum Gasteiger partial charge on any atom is -0.497 e. The molecular formula is C21H20N4O3S2. The van der Waals surface area contributed by atoms with Gasteiger partial charge in [0, 0.05) is 16.9 Å². The molecule has 1 aromatic carbocycles. The van der Waals surface area contributed by atoms with Gasteiger partial charge in [-0.1, -0.05) is 17.8 Å². The topological polar surface area (TPSA) is 93.0 Å². The second kappa shape index (κ2) is 9.64. The van der Waals surface area contributed by atoms with Gasteiger partial charge in [0.25, 0.3) is 0 Å². The summed E-state index contributed by atoms with van der Waals surface area (Å²) in [5.74, 6) is 2.13. The molecule has 1 atom stereocenters. The Morgan fingerprint density at radius 3 is 2.83 bits per heavy atom. The van der Waals surface area contributed by atoms with Gasteiger partial charge >= 0.3 is 0 Å². The van der Waals surface area contributed by atoms with Crippen molar-refractivity contribution in [3.63, 3.8) is 0 Å². The Morgan fingerprint density at radius 2 is 2.13 bits per heavy atom. The van der Waals surface area contributed by atoms with Crippen molar-refractivity contribution in [3.8, 4) is 17.1 Å². The summed E-state index contributed by atoms with van der Waals surface area (Å²) in [4.78, 5) is 18.2.